The number of unbranched alkanes of at least 4 members (excludes halogenated alkanes) is 1. The van der Waals surface area contributed by atoms with Crippen LogP contribution in [0.5, 0.6) is 0 Å². The van der Waals surface area contributed by atoms with Crippen LogP contribution in [0.3, 0.4) is 0 Å². The van der Waals surface area contributed by atoms with Gasteiger partial charge in [-0.2, -0.15) is 5.26 Å². The van der Waals surface area contributed by atoms with Gasteiger partial charge in [-0.25, -0.2) is 0 Å². The monoisotopic (exact) mass is 405 g/mol. The Morgan fingerprint density at radius 3 is 2.31 bits per heavy atom. The Bertz CT molecular complexity index is 794. The summed E-state index contributed by atoms with van der Waals surface area (Å²) in [5.41, 5.74) is 4.95. The van der Waals surface area contributed by atoms with Crippen LogP contribution in [-0.4, -0.2) is 0 Å². The first-order valence-corrected chi connectivity index (χ1v) is 12.5. The molecule has 1 fully saturated rings. The van der Waals surface area contributed by atoms with Crippen molar-refractivity contribution in [3.8, 4) is 6.07 Å². The molecule has 1 aliphatic rings. The molecule has 0 spiro atoms. The molecule has 0 bridgehead atoms. The molecular weight excluding hydrogens is 370 g/mol. The van der Waals surface area contributed by atoms with Crippen LogP contribution >= 0.6 is 11.8 Å². The van der Waals surface area contributed by atoms with Crippen LogP contribution in [0.15, 0.2) is 47.4 Å². The summed E-state index contributed by atoms with van der Waals surface area (Å²) in [5.74, 6) is 2.65. The first-order chi connectivity index (χ1) is 14.2. The summed E-state index contributed by atoms with van der Waals surface area (Å²) in [4.78, 5) is 1.10. The van der Waals surface area contributed by atoms with Gasteiger partial charge in [0.1, 0.15) is 6.07 Å². The van der Waals surface area contributed by atoms with Gasteiger partial charge in [0, 0.05) is 10.6 Å². The number of thioether (sulfide) groups is 1. The highest BCUT2D eigenvalue weighted by Gasteiger charge is 2.21. The van der Waals surface area contributed by atoms with Gasteiger partial charge in [-0.3, -0.25) is 0 Å². The molecule has 0 aliphatic heterocycles. The van der Waals surface area contributed by atoms with Crippen molar-refractivity contribution in [2.24, 2.45) is 5.92 Å². The number of aryl methyl sites for hydroxylation is 1. The second kappa shape index (κ2) is 11.5. The zero-order valence-electron chi connectivity index (χ0n) is 18.1. The van der Waals surface area contributed by atoms with Crippen molar-refractivity contribution in [1.29, 1.82) is 5.26 Å². The second-order valence-electron chi connectivity index (χ2n) is 8.58. The van der Waals surface area contributed by atoms with E-state index in [0.29, 0.717) is 0 Å². The van der Waals surface area contributed by atoms with E-state index < -0.39 is 0 Å². The minimum absolute atomic E-state index is 0.755. The summed E-state index contributed by atoms with van der Waals surface area (Å²) < 4.78 is 0. The van der Waals surface area contributed by atoms with Crippen LogP contribution in [-0.2, 0) is 12.2 Å². The van der Waals surface area contributed by atoms with Crippen molar-refractivity contribution in [1.82, 2.24) is 0 Å². The first kappa shape index (κ1) is 22.0. The van der Waals surface area contributed by atoms with E-state index in [9.17, 15) is 5.26 Å². The molecule has 0 saturated heterocycles. The molecule has 3 rings (SSSR count). The zero-order chi connectivity index (χ0) is 20.5. The van der Waals surface area contributed by atoms with Gasteiger partial charge in [0.05, 0.1) is 5.56 Å². The van der Waals surface area contributed by atoms with Gasteiger partial charge in [-0.15, -0.1) is 11.8 Å². The maximum absolute atomic E-state index is 9.49. The molecule has 0 radical (unpaired) electrons. The average molecular weight is 406 g/mol. The lowest BCUT2D eigenvalue weighted by Crippen LogP contribution is -2.13. The molecule has 2 aromatic carbocycles. The molecule has 0 aromatic heterocycles. The Morgan fingerprint density at radius 2 is 1.66 bits per heavy atom. The fourth-order valence-corrected chi connectivity index (χ4v) is 5.50. The van der Waals surface area contributed by atoms with Gasteiger partial charge >= 0.3 is 0 Å². The highest BCUT2D eigenvalue weighted by atomic mass is 32.2. The second-order valence-corrected chi connectivity index (χ2v) is 9.60. The van der Waals surface area contributed by atoms with Gasteiger partial charge in [-0.1, -0.05) is 69.9 Å². The molecule has 0 unspecified atom stereocenters. The van der Waals surface area contributed by atoms with Crippen molar-refractivity contribution >= 4 is 11.8 Å². The average Bonchev–Trinajstić information content (AvgIpc) is 2.77. The minimum Gasteiger partial charge on any atom is -0.192 e. The summed E-state index contributed by atoms with van der Waals surface area (Å²) in [6.07, 6.45) is 11.9. The predicted molar refractivity (Wildman–Crippen MR) is 125 cm³/mol. The lowest BCUT2D eigenvalue weighted by atomic mass is 9.77. The molecular formula is C27H35NS. The molecule has 154 valence electrons. The molecule has 29 heavy (non-hydrogen) atoms. The van der Waals surface area contributed by atoms with Crippen molar-refractivity contribution in [3.05, 3.63) is 64.7 Å². The Balaban J connectivity index is 1.53. The zero-order valence-corrected chi connectivity index (χ0v) is 18.9. The standard InChI is InChI=1S/C27H35NS/c1-3-5-7-21-8-13-24(14-9-21)25-15-10-23(11-16-25)20-29-27-17-12-22(6-4-2)18-26(27)19-28/h10-12,15-18,21,24H,3-9,13-14,20H2,1-2H3/t21-,24-. The van der Waals surface area contributed by atoms with Gasteiger partial charge < -0.3 is 0 Å². The van der Waals surface area contributed by atoms with Crippen LogP contribution in [0, 0.1) is 17.2 Å². The third-order valence-electron chi connectivity index (χ3n) is 6.36. The number of nitrogens with zero attached hydrogens (tertiary/aromatic N) is 1. The van der Waals surface area contributed by atoms with Crippen LogP contribution in [0.25, 0.3) is 0 Å². The van der Waals surface area contributed by atoms with E-state index in [-0.39, 0.29) is 0 Å². The number of hydrogen-bond acceptors (Lipinski definition) is 2. The van der Waals surface area contributed by atoms with Crippen LogP contribution in [0.1, 0.15) is 93.4 Å². The van der Waals surface area contributed by atoms with E-state index in [2.05, 4.69) is 62.4 Å². The largest absolute Gasteiger partial charge is 0.192 e. The lowest BCUT2D eigenvalue weighted by Gasteiger charge is -2.29. The van der Waals surface area contributed by atoms with E-state index in [1.165, 1.54) is 61.6 Å². The predicted octanol–water partition coefficient (Wildman–Crippen LogP) is 8.27. The minimum atomic E-state index is 0.755. The van der Waals surface area contributed by atoms with E-state index in [0.717, 1.165) is 40.9 Å². The summed E-state index contributed by atoms with van der Waals surface area (Å²) in [6.45, 7) is 4.48. The van der Waals surface area contributed by atoms with Crippen molar-refractivity contribution in [2.75, 3.05) is 0 Å². The molecule has 1 aliphatic carbocycles. The Morgan fingerprint density at radius 1 is 0.931 bits per heavy atom. The normalized spacial score (nSPS) is 19.1. The van der Waals surface area contributed by atoms with Crippen molar-refractivity contribution in [3.63, 3.8) is 0 Å². The topological polar surface area (TPSA) is 23.8 Å². The van der Waals surface area contributed by atoms with E-state index >= 15 is 0 Å². The van der Waals surface area contributed by atoms with Gasteiger partial charge in [0.15, 0.2) is 0 Å². The van der Waals surface area contributed by atoms with Crippen molar-refractivity contribution < 1.29 is 0 Å². The number of nitriles is 1. The fourth-order valence-electron chi connectivity index (χ4n) is 4.56. The molecule has 0 heterocycles. The number of hydrogen-bond donors (Lipinski definition) is 0. The Hall–Kier alpha value is -1.72. The highest BCUT2D eigenvalue weighted by Crippen LogP contribution is 2.38. The quantitative estimate of drug-likeness (QED) is 0.392. The maximum atomic E-state index is 9.49. The summed E-state index contributed by atoms with van der Waals surface area (Å²) in [5, 5.41) is 9.49. The third kappa shape index (κ3) is 6.38. The molecule has 1 nitrogen and oxygen atoms in total. The number of rotatable bonds is 9. The first-order valence-electron chi connectivity index (χ1n) is 11.5. The molecule has 2 heteroatoms. The molecule has 2 aromatic rings. The molecule has 1 saturated carbocycles. The van der Waals surface area contributed by atoms with E-state index in [1.807, 2.05) is 0 Å². The molecule has 0 atom stereocenters. The van der Waals surface area contributed by atoms with Crippen LogP contribution in [0.4, 0.5) is 0 Å². The van der Waals surface area contributed by atoms with Gasteiger partial charge in [0.2, 0.25) is 0 Å². The molecule has 0 N–H and O–H groups in total. The Labute approximate surface area is 181 Å². The van der Waals surface area contributed by atoms with Gasteiger partial charge in [0.25, 0.3) is 0 Å². The summed E-state index contributed by atoms with van der Waals surface area (Å²) in [7, 11) is 0. The van der Waals surface area contributed by atoms with Crippen LogP contribution < -0.4 is 0 Å². The SMILES string of the molecule is CCCC[C@H]1CC[C@H](c2ccc(CSc3ccc(CCC)cc3C#N)cc2)CC1. The van der Waals surface area contributed by atoms with E-state index in [4.69, 9.17) is 0 Å². The van der Waals surface area contributed by atoms with Crippen molar-refractivity contribution in [2.45, 2.75) is 88.2 Å². The highest BCUT2D eigenvalue weighted by molar-refractivity contribution is 7.98. The Kier molecular flexibility index (Phi) is 8.69. The summed E-state index contributed by atoms with van der Waals surface area (Å²) in [6, 6.07) is 18.0. The van der Waals surface area contributed by atoms with Gasteiger partial charge in [-0.05, 0) is 72.8 Å². The third-order valence-corrected chi connectivity index (χ3v) is 7.51. The summed E-state index contributed by atoms with van der Waals surface area (Å²) >= 11 is 1.78. The fraction of sp³-hybridized carbons (Fsp3) is 0.519. The maximum Gasteiger partial charge on any atom is 0.100 e. The smallest absolute Gasteiger partial charge is 0.100 e. The molecule has 0 amide bonds. The van der Waals surface area contributed by atoms with Crippen LogP contribution in [0.2, 0.25) is 0 Å². The van der Waals surface area contributed by atoms with E-state index in [1.54, 1.807) is 11.8 Å². The lowest BCUT2D eigenvalue weighted by molar-refractivity contribution is 0.304. The number of benzene rings is 2.